The van der Waals surface area contributed by atoms with Crippen molar-refractivity contribution in [3.05, 3.63) is 48.0 Å². The van der Waals surface area contributed by atoms with Gasteiger partial charge in [-0.2, -0.15) is 10.2 Å². The van der Waals surface area contributed by atoms with Gasteiger partial charge in [0.2, 0.25) is 0 Å². The normalized spacial score (nSPS) is 10.6. The maximum absolute atomic E-state index is 4.04. The molecule has 0 amide bonds. The lowest BCUT2D eigenvalue weighted by Crippen LogP contribution is -2.16. The van der Waals surface area contributed by atoms with Crippen LogP contribution in [0.3, 0.4) is 0 Å². The molecular weight excluding hydrogens is 212 g/mol. The van der Waals surface area contributed by atoms with Crippen molar-refractivity contribution in [3.8, 4) is 0 Å². The fourth-order valence-corrected chi connectivity index (χ4v) is 1.82. The van der Waals surface area contributed by atoms with Gasteiger partial charge in [-0.05, 0) is 30.7 Å². The lowest BCUT2D eigenvalue weighted by molar-refractivity contribution is 0.596. The van der Waals surface area contributed by atoms with Crippen molar-refractivity contribution in [3.63, 3.8) is 0 Å². The Kier molecular flexibility index (Phi) is 4.27. The van der Waals surface area contributed by atoms with Crippen LogP contribution >= 0.6 is 0 Å². The second-order valence-electron chi connectivity index (χ2n) is 4.01. The predicted molar refractivity (Wildman–Crippen MR) is 67.3 cm³/mol. The van der Waals surface area contributed by atoms with Gasteiger partial charge >= 0.3 is 0 Å². The smallest absolute Gasteiger partial charge is 0.0769 e. The van der Waals surface area contributed by atoms with Crippen LogP contribution in [0.4, 0.5) is 0 Å². The second kappa shape index (κ2) is 6.15. The summed E-state index contributed by atoms with van der Waals surface area (Å²) in [7, 11) is 0. The Morgan fingerprint density at radius 3 is 2.94 bits per heavy atom. The van der Waals surface area contributed by atoms with Gasteiger partial charge in [0, 0.05) is 37.7 Å². The Morgan fingerprint density at radius 2 is 2.18 bits per heavy atom. The number of hydrogen-bond donors (Lipinski definition) is 1. The Morgan fingerprint density at radius 1 is 1.24 bits per heavy atom. The largest absolute Gasteiger partial charge is 0.350 e. The summed E-state index contributed by atoms with van der Waals surface area (Å²) in [4.78, 5) is 0. The molecule has 2 aromatic rings. The van der Waals surface area contributed by atoms with Gasteiger partial charge in [0.15, 0.2) is 0 Å². The first-order valence-electron chi connectivity index (χ1n) is 6.01. The van der Waals surface area contributed by atoms with Crippen molar-refractivity contribution >= 4 is 0 Å². The van der Waals surface area contributed by atoms with Gasteiger partial charge in [0.1, 0.15) is 0 Å². The molecule has 0 atom stereocenters. The fourth-order valence-electron chi connectivity index (χ4n) is 1.82. The van der Waals surface area contributed by atoms with Crippen LogP contribution in [0.15, 0.2) is 36.7 Å². The SMILES string of the molecule is CCCn1cccc1CNCc1cccnn1. The molecule has 0 aromatic carbocycles. The summed E-state index contributed by atoms with van der Waals surface area (Å²) >= 11 is 0. The monoisotopic (exact) mass is 230 g/mol. The molecule has 4 nitrogen and oxygen atoms in total. The summed E-state index contributed by atoms with van der Waals surface area (Å²) in [5, 5.41) is 11.3. The van der Waals surface area contributed by atoms with Gasteiger partial charge in [-0.3, -0.25) is 0 Å². The molecule has 0 spiro atoms. The fraction of sp³-hybridized carbons (Fsp3) is 0.385. The minimum Gasteiger partial charge on any atom is -0.350 e. The van der Waals surface area contributed by atoms with E-state index in [1.54, 1.807) is 6.20 Å². The molecule has 0 aliphatic rings. The van der Waals surface area contributed by atoms with Crippen LogP contribution in [0.2, 0.25) is 0 Å². The van der Waals surface area contributed by atoms with Crippen LogP contribution in [0, 0.1) is 0 Å². The zero-order chi connectivity index (χ0) is 11.9. The van der Waals surface area contributed by atoms with Gasteiger partial charge in [-0.15, -0.1) is 0 Å². The Balaban J connectivity index is 1.84. The lowest BCUT2D eigenvalue weighted by Gasteiger charge is -2.08. The quantitative estimate of drug-likeness (QED) is 0.825. The van der Waals surface area contributed by atoms with Crippen molar-refractivity contribution < 1.29 is 0 Å². The van der Waals surface area contributed by atoms with Crippen LogP contribution in [0.25, 0.3) is 0 Å². The second-order valence-corrected chi connectivity index (χ2v) is 4.01. The van der Waals surface area contributed by atoms with Gasteiger partial charge in [-0.25, -0.2) is 0 Å². The first-order chi connectivity index (χ1) is 8.40. The van der Waals surface area contributed by atoms with E-state index in [2.05, 4.69) is 45.3 Å². The molecule has 2 aromatic heterocycles. The first kappa shape index (κ1) is 11.8. The van der Waals surface area contributed by atoms with E-state index in [-0.39, 0.29) is 0 Å². The molecule has 17 heavy (non-hydrogen) atoms. The van der Waals surface area contributed by atoms with Crippen LogP contribution in [-0.4, -0.2) is 14.8 Å². The van der Waals surface area contributed by atoms with Crippen molar-refractivity contribution in [2.24, 2.45) is 0 Å². The molecule has 0 radical (unpaired) electrons. The van der Waals surface area contributed by atoms with E-state index < -0.39 is 0 Å². The van der Waals surface area contributed by atoms with E-state index in [0.717, 1.165) is 31.7 Å². The third-order valence-corrected chi connectivity index (χ3v) is 2.63. The van der Waals surface area contributed by atoms with Crippen LogP contribution < -0.4 is 5.32 Å². The van der Waals surface area contributed by atoms with Gasteiger partial charge < -0.3 is 9.88 Å². The molecule has 2 rings (SSSR count). The number of rotatable bonds is 6. The molecule has 0 unspecified atom stereocenters. The van der Waals surface area contributed by atoms with E-state index in [0.29, 0.717) is 0 Å². The Bertz CT molecular complexity index is 436. The highest BCUT2D eigenvalue weighted by molar-refractivity contribution is 5.07. The summed E-state index contributed by atoms with van der Waals surface area (Å²) in [6.45, 7) is 4.89. The first-order valence-corrected chi connectivity index (χ1v) is 6.01. The minimum atomic E-state index is 0.755. The molecule has 1 N–H and O–H groups in total. The van der Waals surface area contributed by atoms with E-state index >= 15 is 0 Å². The third kappa shape index (κ3) is 3.39. The van der Waals surface area contributed by atoms with Crippen LogP contribution in [-0.2, 0) is 19.6 Å². The van der Waals surface area contributed by atoms with E-state index in [9.17, 15) is 0 Å². The summed E-state index contributed by atoms with van der Waals surface area (Å²) < 4.78 is 2.28. The highest BCUT2D eigenvalue weighted by Crippen LogP contribution is 2.03. The Labute approximate surface area is 102 Å². The molecule has 90 valence electrons. The number of aryl methyl sites for hydroxylation is 1. The van der Waals surface area contributed by atoms with Crippen molar-refractivity contribution in [1.29, 1.82) is 0 Å². The molecule has 0 aliphatic carbocycles. The topological polar surface area (TPSA) is 42.7 Å². The summed E-state index contributed by atoms with van der Waals surface area (Å²) in [6.07, 6.45) is 4.98. The van der Waals surface area contributed by atoms with E-state index in [1.807, 2.05) is 12.1 Å². The third-order valence-electron chi connectivity index (χ3n) is 2.63. The van der Waals surface area contributed by atoms with Crippen molar-refractivity contribution in [2.45, 2.75) is 33.0 Å². The van der Waals surface area contributed by atoms with E-state index in [4.69, 9.17) is 0 Å². The van der Waals surface area contributed by atoms with Crippen LogP contribution in [0.5, 0.6) is 0 Å². The van der Waals surface area contributed by atoms with Gasteiger partial charge in [0.05, 0.1) is 5.69 Å². The van der Waals surface area contributed by atoms with E-state index in [1.165, 1.54) is 5.69 Å². The molecule has 4 heteroatoms. The maximum Gasteiger partial charge on any atom is 0.0769 e. The molecule has 0 saturated heterocycles. The maximum atomic E-state index is 4.04. The minimum absolute atomic E-state index is 0.755. The number of aromatic nitrogens is 3. The molecule has 0 fully saturated rings. The number of nitrogens with one attached hydrogen (secondary N) is 1. The zero-order valence-electron chi connectivity index (χ0n) is 10.1. The van der Waals surface area contributed by atoms with Crippen molar-refractivity contribution in [1.82, 2.24) is 20.1 Å². The lowest BCUT2D eigenvalue weighted by atomic mass is 10.3. The summed E-state index contributed by atoms with van der Waals surface area (Å²) in [5.74, 6) is 0. The average molecular weight is 230 g/mol. The zero-order valence-corrected chi connectivity index (χ0v) is 10.1. The summed E-state index contributed by atoms with van der Waals surface area (Å²) in [6, 6.07) is 8.13. The predicted octanol–water partition coefficient (Wildman–Crippen LogP) is 1.98. The average Bonchev–Trinajstić information content (AvgIpc) is 2.79. The van der Waals surface area contributed by atoms with Crippen molar-refractivity contribution in [2.75, 3.05) is 0 Å². The molecule has 0 saturated carbocycles. The molecule has 0 aliphatic heterocycles. The van der Waals surface area contributed by atoms with Gasteiger partial charge in [-0.1, -0.05) is 6.92 Å². The highest BCUT2D eigenvalue weighted by Gasteiger charge is 2.00. The standard InChI is InChI=1S/C13H18N4/c1-2-8-17-9-4-6-13(17)11-14-10-12-5-3-7-15-16-12/h3-7,9,14H,2,8,10-11H2,1H3. The summed E-state index contributed by atoms with van der Waals surface area (Å²) in [5.41, 5.74) is 2.29. The molecule has 0 bridgehead atoms. The number of nitrogens with zero attached hydrogens (tertiary/aromatic N) is 3. The molecule has 2 heterocycles. The molecular formula is C13H18N4. The Hall–Kier alpha value is -1.68. The number of hydrogen-bond acceptors (Lipinski definition) is 3. The van der Waals surface area contributed by atoms with Crippen LogP contribution in [0.1, 0.15) is 24.7 Å². The highest BCUT2D eigenvalue weighted by atomic mass is 15.1. The van der Waals surface area contributed by atoms with Gasteiger partial charge in [0.25, 0.3) is 0 Å².